The van der Waals surface area contributed by atoms with Gasteiger partial charge in [0.05, 0.1) is 23.5 Å². The second kappa shape index (κ2) is 14.8. The summed E-state index contributed by atoms with van der Waals surface area (Å²) in [6, 6.07) is 13.4. The third kappa shape index (κ3) is 8.23. The number of unbranched alkanes of at least 4 members (excludes halogenated alkanes) is 6. The lowest BCUT2D eigenvalue weighted by Crippen LogP contribution is -2.29. The molecule has 0 aliphatic carbocycles. The number of carbonyl (C=O) groups excluding carboxylic acids is 1. The highest BCUT2D eigenvalue weighted by Crippen LogP contribution is 2.35. The summed E-state index contributed by atoms with van der Waals surface area (Å²) < 4.78 is 41.0. The summed E-state index contributed by atoms with van der Waals surface area (Å²) in [6.07, 6.45) is 11.7. The molecule has 9 heteroatoms. The number of sulfonamides is 1. The Kier molecular flexibility index (Phi) is 11.5. The number of benzene rings is 2. The van der Waals surface area contributed by atoms with Crippen LogP contribution in [0, 0.1) is 0 Å². The number of carbonyl (C=O) groups is 1. The van der Waals surface area contributed by atoms with E-state index in [4.69, 9.17) is 9.47 Å². The van der Waals surface area contributed by atoms with E-state index in [0.29, 0.717) is 23.0 Å². The fraction of sp³-hybridized carbons (Fsp3) is 0.379. The summed E-state index contributed by atoms with van der Waals surface area (Å²) in [5.74, 6) is 0.881. The van der Waals surface area contributed by atoms with Gasteiger partial charge in [-0.25, -0.2) is 0 Å². The Balaban J connectivity index is 1.71. The van der Waals surface area contributed by atoms with Gasteiger partial charge in [-0.15, -0.1) is 11.0 Å². The monoisotopic (exact) mass is 556 g/mol. The zero-order valence-corrected chi connectivity index (χ0v) is 23.7. The number of hydrogen-bond acceptors (Lipinski definition) is 6. The first kappa shape index (κ1) is 29.5. The molecule has 1 amide bonds. The molecule has 0 radical (unpaired) electrons. The number of nitrogens with zero attached hydrogens (tertiary/aromatic N) is 2. The van der Waals surface area contributed by atoms with Crippen LogP contribution in [0.5, 0.6) is 11.5 Å². The lowest BCUT2D eigenvalue weighted by atomic mass is 10.1. The minimum Gasteiger partial charge on any atom is -0.493 e. The van der Waals surface area contributed by atoms with E-state index in [2.05, 4.69) is 17.9 Å². The van der Waals surface area contributed by atoms with Crippen LogP contribution >= 0.6 is 11.8 Å². The lowest BCUT2D eigenvalue weighted by molar-refractivity contribution is -0.121. The van der Waals surface area contributed by atoms with E-state index in [1.54, 1.807) is 37.5 Å². The lowest BCUT2D eigenvalue weighted by Gasteiger charge is -2.12. The van der Waals surface area contributed by atoms with Crippen molar-refractivity contribution in [3.63, 3.8) is 0 Å². The van der Waals surface area contributed by atoms with Crippen molar-refractivity contribution in [1.82, 2.24) is 4.90 Å². The van der Waals surface area contributed by atoms with E-state index < -0.39 is 10.0 Å². The van der Waals surface area contributed by atoms with Gasteiger partial charge in [-0.2, -0.15) is 8.42 Å². The van der Waals surface area contributed by atoms with Crippen LogP contribution in [0.25, 0.3) is 6.08 Å². The molecule has 0 bridgehead atoms. The molecule has 0 spiro atoms. The number of amidine groups is 1. The number of ether oxygens (including phenoxy) is 2. The summed E-state index contributed by atoms with van der Waals surface area (Å²) in [4.78, 5) is 14.8. The van der Waals surface area contributed by atoms with Gasteiger partial charge in [0.1, 0.15) is 0 Å². The van der Waals surface area contributed by atoms with Crippen molar-refractivity contribution in [2.75, 3.05) is 20.3 Å². The molecule has 204 valence electrons. The molecule has 0 N–H and O–H groups in total. The molecular weight excluding hydrogens is 520 g/mol. The highest BCUT2D eigenvalue weighted by Gasteiger charge is 2.34. The van der Waals surface area contributed by atoms with Crippen molar-refractivity contribution in [1.29, 1.82) is 0 Å². The van der Waals surface area contributed by atoms with Gasteiger partial charge in [0, 0.05) is 6.54 Å². The summed E-state index contributed by atoms with van der Waals surface area (Å²) >= 11 is 1.02. The molecule has 0 saturated carbocycles. The average molecular weight is 557 g/mol. The molecule has 1 fully saturated rings. The van der Waals surface area contributed by atoms with Crippen LogP contribution < -0.4 is 9.47 Å². The molecule has 1 heterocycles. The SMILES string of the molecule is C=CCN1C(=O)C(=Cc2ccc(OCCCCCCCCC)c(OC)c2)SC1=NS(=O)(=O)c1ccccc1. The molecule has 2 aromatic carbocycles. The second-order valence-electron chi connectivity index (χ2n) is 8.86. The number of rotatable bonds is 15. The largest absolute Gasteiger partial charge is 0.493 e. The van der Waals surface area contributed by atoms with Crippen molar-refractivity contribution in [3.8, 4) is 11.5 Å². The minimum atomic E-state index is -3.98. The van der Waals surface area contributed by atoms with Crippen LogP contribution in [0.15, 0.2) is 75.4 Å². The van der Waals surface area contributed by atoms with Gasteiger partial charge in [-0.05, 0) is 54.1 Å². The first-order valence-electron chi connectivity index (χ1n) is 12.9. The topological polar surface area (TPSA) is 85.3 Å². The van der Waals surface area contributed by atoms with Gasteiger partial charge in [0.2, 0.25) is 0 Å². The Bertz CT molecular complexity index is 1260. The van der Waals surface area contributed by atoms with Crippen molar-refractivity contribution in [3.05, 3.63) is 71.7 Å². The van der Waals surface area contributed by atoms with Crippen LogP contribution in [0.4, 0.5) is 0 Å². The van der Waals surface area contributed by atoms with Crippen LogP contribution in [0.2, 0.25) is 0 Å². The van der Waals surface area contributed by atoms with E-state index in [-0.39, 0.29) is 22.5 Å². The molecule has 0 unspecified atom stereocenters. The summed E-state index contributed by atoms with van der Waals surface area (Å²) in [5, 5.41) is 0.0895. The van der Waals surface area contributed by atoms with E-state index >= 15 is 0 Å². The first-order chi connectivity index (χ1) is 18.4. The fourth-order valence-electron chi connectivity index (χ4n) is 3.90. The summed E-state index contributed by atoms with van der Waals surface area (Å²) in [7, 11) is -2.40. The maximum absolute atomic E-state index is 13.1. The quantitative estimate of drug-likeness (QED) is 0.138. The van der Waals surface area contributed by atoms with Crippen LogP contribution in [-0.4, -0.2) is 44.7 Å². The maximum Gasteiger partial charge on any atom is 0.284 e. The van der Waals surface area contributed by atoms with Crippen LogP contribution in [0.3, 0.4) is 0 Å². The maximum atomic E-state index is 13.1. The van der Waals surface area contributed by atoms with Gasteiger partial charge >= 0.3 is 0 Å². The van der Waals surface area contributed by atoms with Crippen molar-refractivity contribution < 1.29 is 22.7 Å². The third-order valence-electron chi connectivity index (χ3n) is 5.93. The van der Waals surface area contributed by atoms with Gasteiger partial charge < -0.3 is 9.47 Å². The number of hydrogen-bond donors (Lipinski definition) is 0. The Hall–Kier alpha value is -3.04. The Labute approximate surface area is 230 Å². The summed E-state index contributed by atoms with van der Waals surface area (Å²) in [6.45, 7) is 6.66. The predicted octanol–water partition coefficient (Wildman–Crippen LogP) is 6.67. The Morgan fingerprint density at radius 2 is 1.71 bits per heavy atom. The standard InChI is InChI=1S/C29H36N2O5S2/c1-4-6-7-8-9-10-14-20-36-25-18-17-23(21-26(25)35-3)22-27-28(32)31(19-5-2)29(37-27)30-38(33,34)24-15-12-11-13-16-24/h5,11-13,15-18,21-22H,2,4,6-10,14,19-20H2,1,3H3. The van der Waals surface area contributed by atoms with Crippen LogP contribution in [-0.2, 0) is 14.8 Å². The average Bonchev–Trinajstić information content (AvgIpc) is 3.19. The first-order valence-corrected chi connectivity index (χ1v) is 15.2. The molecular formula is C29H36N2O5S2. The highest BCUT2D eigenvalue weighted by atomic mass is 32.2. The van der Waals surface area contributed by atoms with Gasteiger partial charge in [-0.3, -0.25) is 9.69 Å². The number of thioether (sulfide) groups is 1. The minimum absolute atomic E-state index is 0.0633. The number of methoxy groups -OCH3 is 1. The predicted molar refractivity (Wildman–Crippen MR) is 155 cm³/mol. The molecule has 1 aliphatic heterocycles. The van der Waals surface area contributed by atoms with Gasteiger partial charge in [0.25, 0.3) is 15.9 Å². The third-order valence-corrected chi connectivity index (χ3v) is 8.33. The molecule has 3 rings (SSSR count). The molecule has 0 aromatic heterocycles. The molecule has 0 atom stereocenters. The molecule has 1 saturated heterocycles. The van der Waals surface area contributed by atoms with Crippen molar-refractivity contribution >= 4 is 38.9 Å². The number of amides is 1. The van der Waals surface area contributed by atoms with E-state index in [1.165, 1.54) is 55.2 Å². The van der Waals surface area contributed by atoms with Crippen molar-refractivity contribution in [2.24, 2.45) is 4.40 Å². The zero-order chi connectivity index (χ0) is 27.4. The molecule has 2 aromatic rings. The van der Waals surface area contributed by atoms with Gasteiger partial charge in [0.15, 0.2) is 16.7 Å². The highest BCUT2D eigenvalue weighted by molar-refractivity contribution is 8.19. The van der Waals surface area contributed by atoms with Crippen molar-refractivity contribution in [2.45, 2.75) is 56.8 Å². The second-order valence-corrected chi connectivity index (χ2v) is 11.5. The Morgan fingerprint density at radius 1 is 1.00 bits per heavy atom. The molecule has 7 nitrogen and oxygen atoms in total. The van der Waals surface area contributed by atoms with E-state index in [9.17, 15) is 13.2 Å². The smallest absolute Gasteiger partial charge is 0.284 e. The molecule has 38 heavy (non-hydrogen) atoms. The molecule has 1 aliphatic rings. The van der Waals surface area contributed by atoms with E-state index in [1.807, 2.05) is 12.1 Å². The zero-order valence-electron chi connectivity index (χ0n) is 22.1. The van der Waals surface area contributed by atoms with Crippen LogP contribution in [0.1, 0.15) is 57.4 Å². The fourth-order valence-corrected chi connectivity index (χ4v) is 6.11. The Morgan fingerprint density at radius 3 is 2.39 bits per heavy atom. The normalized spacial score (nSPS) is 15.8. The summed E-state index contributed by atoms with van der Waals surface area (Å²) in [5.41, 5.74) is 0.728. The van der Waals surface area contributed by atoms with Gasteiger partial charge in [-0.1, -0.05) is 75.8 Å². The van der Waals surface area contributed by atoms with E-state index in [0.717, 1.165) is 30.2 Å².